The van der Waals surface area contributed by atoms with Crippen LogP contribution in [0.25, 0.3) is 0 Å². The second-order valence-corrected chi connectivity index (χ2v) is 5.87. The quantitative estimate of drug-likeness (QED) is 0.709. The lowest BCUT2D eigenvalue weighted by Gasteiger charge is -2.32. The molecular formula is C15H24F3N. The Hall–Kier alpha value is -0.670. The van der Waals surface area contributed by atoms with Gasteiger partial charge in [-0.2, -0.15) is 13.2 Å². The molecule has 0 N–H and O–H groups in total. The van der Waals surface area contributed by atoms with Crippen LogP contribution in [0.15, 0.2) is 11.8 Å². The molecule has 0 spiro atoms. The van der Waals surface area contributed by atoms with Crippen LogP contribution < -0.4 is 0 Å². The number of hydrogen-bond donors (Lipinski definition) is 0. The minimum atomic E-state index is -4.19. The average Bonchev–Trinajstić information content (AvgIpc) is 2.40. The molecule has 1 nitrogen and oxygen atoms in total. The van der Waals surface area contributed by atoms with Crippen LogP contribution in [0.5, 0.6) is 0 Å². The van der Waals surface area contributed by atoms with Crippen molar-refractivity contribution in [3.63, 3.8) is 0 Å². The predicted octanol–water partition coefficient (Wildman–Crippen LogP) is 4.89. The fourth-order valence-corrected chi connectivity index (χ4v) is 3.26. The van der Waals surface area contributed by atoms with Crippen molar-refractivity contribution in [3.8, 4) is 0 Å². The first kappa shape index (κ1) is 14.7. The van der Waals surface area contributed by atoms with Crippen LogP contribution in [-0.4, -0.2) is 24.2 Å². The van der Waals surface area contributed by atoms with Crippen molar-refractivity contribution in [2.45, 2.75) is 64.0 Å². The van der Waals surface area contributed by atoms with E-state index in [1.54, 1.807) is 4.90 Å². The third-order valence-corrected chi connectivity index (χ3v) is 4.36. The highest BCUT2D eigenvalue weighted by atomic mass is 19.4. The predicted molar refractivity (Wildman–Crippen MR) is 70.8 cm³/mol. The number of nitrogens with zero attached hydrogens (tertiary/aromatic N) is 1. The Balaban J connectivity index is 1.99. The molecule has 2 aliphatic rings. The van der Waals surface area contributed by atoms with Gasteiger partial charge >= 0.3 is 6.18 Å². The van der Waals surface area contributed by atoms with Gasteiger partial charge in [-0.3, -0.25) is 0 Å². The molecule has 110 valence electrons. The van der Waals surface area contributed by atoms with Gasteiger partial charge in [0.2, 0.25) is 0 Å². The number of halogens is 3. The van der Waals surface area contributed by atoms with Crippen LogP contribution in [0.1, 0.15) is 57.8 Å². The normalized spacial score (nSPS) is 23.7. The molecular weight excluding hydrogens is 251 g/mol. The van der Waals surface area contributed by atoms with Crippen LogP contribution >= 0.6 is 0 Å². The molecule has 0 radical (unpaired) electrons. The zero-order chi connectivity index (χ0) is 13.7. The Morgan fingerprint density at radius 3 is 2.11 bits per heavy atom. The molecule has 0 aromatic carbocycles. The third kappa shape index (κ3) is 4.43. The molecule has 2 fully saturated rings. The maximum atomic E-state index is 13.1. The van der Waals surface area contributed by atoms with Gasteiger partial charge in [0.25, 0.3) is 0 Å². The SMILES string of the molecule is FC(F)(F)/C(=C/CC1CCCCC1)N1CCCCC1. The number of rotatable bonds is 3. The van der Waals surface area contributed by atoms with Gasteiger partial charge in [-0.15, -0.1) is 0 Å². The minimum Gasteiger partial charge on any atom is -0.368 e. The lowest BCUT2D eigenvalue weighted by Crippen LogP contribution is -2.35. The molecule has 0 amide bonds. The number of hydrogen-bond acceptors (Lipinski definition) is 1. The van der Waals surface area contributed by atoms with Crippen molar-refractivity contribution in [2.24, 2.45) is 5.92 Å². The van der Waals surface area contributed by atoms with Gasteiger partial charge in [-0.05, 0) is 31.6 Å². The molecule has 19 heavy (non-hydrogen) atoms. The van der Waals surface area contributed by atoms with Gasteiger partial charge in [0.05, 0.1) is 0 Å². The summed E-state index contributed by atoms with van der Waals surface area (Å²) >= 11 is 0. The second kappa shape index (κ2) is 6.67. The number of alkyl halides is 3. The summed E-state index contributed by atoms with van der Waals surface area (Å²) in [6.45, 7) is 1.13. The van der Waals surface area contributed by atoms with Crippen LogP contribution in [-0.2, 0) is 0 Å². The number of piperidine rings is 1. The highest BCUT2D eigenvalue weighted by Crippen LogP contribution is 2.33. The Morgan fingerprint density at radius 2 is 1.53 bits per heavy atom. The van der Waals surface area contributed by atoms with E-state index in [9.17, 15) is 13.2 Å². The molecule has 0 atom stereocenters. The van der Waals surface area contributed by atoms with E-state index in [-0.39, 0.29) is 5.70 Å². The molecule has 1 saturated carbocycles. The summed E-state index contributed by atoms with van der Waals surface area (Å²) in [6.07, 6.45) is 6.53. The highest BCUT2D eigenvalue weighted by molar-refractivity contribution is 5.09. The van der Waals surface area contributed by atoms with Crippen molar-refractivity contribution in [3.05, 3.63) is 11.8 Å². The summed E-state index contributed by atoms with van der Waals surface area (Å²) in [4.78, 5) is 1.55. The Kier molecular flexibility index (Phi) is 5.17. The highest BCUT2D eigenvalue weighted by Gasteiger charge is 2.37. The lowest BCUT2D eigenvalue weighted by atomic mass is 9.87. The first-order chi connectivity index (χ1) is 9.07. The maximum Gasteiger partial charge on any atom is 0.430 e. The smallest absolute Gasteiger partial charge is 0.368 e. The van der Waals surface area contributed by atoms with E-state index in [0.29, 0.717) is 25.4 Å². The lowest BCUT2D eigenvalue weighted by molar-refractivity contribution is -0.113. The zero-order valence-electron chi connectivity index (χ0n) is 11.5. The summed E-state index contributed by atoms with van der Waals surface area (Å²) in [6, 6.07) is 0. The maximum absolute atomic E-state index is 13.1. The summed E-state index contributed by atoms with van der Waals surface area (Å²) in [7, 11) is 0. The van der Waals surface area contributed by atoms with Crippen molar-refractivity contribution in [1.29, 1.82) is 0 Å². The van der Waals surface area contributed by atoms with Crippen LogP contribution in [0, 0.1) is 5.92 Å². The third-order valence-electron chi connectivity index (χ3n) is 4.36. The first-order valence-electron chi connectivity index (χ1n) is 7.59. The van der Waals surface area contributed by atoms with Gasteiger partial charge in [0.1, 0.15) is 5.70 Å². The average molecular weight is 275 g/mol. The van der Waals surface area contributed by atoms with Crippen molar-refractivity contribution in [1.82, 2.24) is 4.90 Å². The van der Waals surface area contributed by atoms with Gasteiger partial charge in [0, 0.05) is 13.1 Å². The van der Waals surface area contributed by atoms with Gasteiger partial charge in [-0.1, -0.05) is 38.2 Å². The Morgan fingerprint density at radius 1 is 0.947 bits per heavy atom. The van der Waals surface area contributed by atoms with E-state index in [0.717, 1.165) is 32.1 Å². The van der Waals surface area contributed by atoms with Crippen molar-refractivity contribution in [2.75, 3.05) is 13.1 Å². The molecule has 1 saturated heterocycles. The van der Waals surface area contributed by atoms with E-state index >= 15 is 0 Å². The van der Waals surface area contributed by atoms with Crippen molar-refractivity contribution < 1.29 is 13.2 Å². The van der Waals surface area contributed by atoms with E-state index < -0.39 is 6.18 Å². The summed E-state index contributed by atoms with van der Waals surface area (Å²) in [5.41, 5.74) is -0.377. The summed E-state index contributed by atoms with van der Waals surface area (Å²) in [5.74, 6) is 0.468. The van der Waals surface area contributed by atoms with E-state index in [1.807, 2.05) is 0 Å². The number of allylic oxidation sites excluding steroid dienone is 2. The molecule has 0 unspecified atom stereocenters. The fourth-order valence-electron chi connectivity index (χ4n) is 3.26. The fraction of sp³-hybridized carbons (Fsp3) is 0.867. The molecule has 1 heterocycles. The van der Waals surface area contributed by atoms with Crippen LogP contribution in [0.3, 0.4) is 0 Å². The molecule has 0 aromatic rings. The van der Waals surface area contributed by atoms with E-state index in [1.165, 1.54) is 25.3 Å². The Bertz CT molecular complexity index is 297. The van der Waals surface area contributed by atoms with Gasteiger partial charge in [0.15, 0.2) is 0 Å². The standard InChI is InChI=1S/C15H24F3N/c16-15(17,18)14(19-11-5-2-6-12-19)10-9-13-7-3-1-4-8-13/h10,13H,1-9,11-12H2/b14-10-. The van der Waals surface area contributed by atoms with Gasteiger partial charge in [-0.25, -0.2) is 0 Å². The van der Waals surface area contributed by atoms with Gasteiger partial charge < -0.3 is 4.90 Å². The molecule has 1 aliphatic carbocycles. The van der Waals surface area contributed by atoms with Crippen LogP contribution in [0.2, 0.25) is 0 Å². The molecule has 2 rings (SSSR count). The summed E-state index contributed by atoms with van der Waals surface area (Å²) < 4.78 is 39.4. The molecule has 4 heteroatoms. The number of likely N-dealkylation sites (tertiary alicyclic amines) is 1. The molecule has 0 bridgehead atoms. The monoisotopic (exact) mass is 275 g/mol. The van der Waals surface area contributed by atoms with E-state index in [2.05, 4.69) is 0 Å². The zero-order valence-corrected chi connectivity index (χ0v) is 11.5. The Labute approximate surface area is 113 Å². The summed E-state index contributed by atoms with van der Waals surface area (Å²) in [5, 5.41) is 0. The molecule has 0 aromatic heterocycles. The molecule has 1 aliphatic heterocycles. The van der Waals surface area contributed by atoms with Crippen LogP contribution in [0.4, 0.5) is 13.2 Å². The minimum absolute atomic E-state index is 0.377. The van der Waals surface area contributed by atoms with Crippen molar-refractivity contribution >= 4 is 0 Å². The largest absolute Gasteiger partial charge is 0.430 e. The topological polar surface area (TPSA) is 3.24 Å². The first-order valence-corrected chi connectivity index (χ1v) is 7.59. The van der Waals surface area contributed by atoms with E-state index in [4.69, 9.17) is 0 Å². The second-order valence-electron chi connectivity index (χ2n) is 5.87.